The Morgan fingerprint density at radius 1 is 1.15 bits per heavy atom. The van der Waals surface area contributed by atoms with E-state index in [2.05, 4.69) is 15.5 Å². The molecule has 0 saturated carbocycles. The first-order valence-corrected chi connectivity index (χ1v) is 12.7. The smallest absolute Gasteiger partial charge is 0.416 e. The standard InChI is InChI=1S/C27H35F3N4O5/c1-16-19(11-12-22(35)38-6)24(31-18-8-7-13-34(15-18)25(36)39-26(2,3)4)33-32-23(16)20-10-9-17(27(28,29)30)14-21(20)37-5/h9-10,14,18H,7-8,11-13,15H2,1-6H3,(H,31,33)/t18-/m1/s1. The average Bonchev–Trinajstić information content (AvgIpc) is 2.86. The highest BCUT2D eigenvalue weighted by atomic mass is 19.4. The van der Waals surface area contributed by atoms with Crippen molar-refractivity contribution >= 4 is 17.9 Å². The lowest BCUT2D eigenvalue weighted by atomic mass is 9.97. The number of hydrogen-bond acceptors (Lipinski definition) is 8. The minimum absolute atomic E-state index is 0.00198. The van der Waals surface area contributed by atoms with Gasteiger partial charge < -0.3 is 24.4 Å². The molecule has 214 valence electrons. The van der Waals surface area contributed by atoms with Crippen molar-refractivity contribution in [2.45, 2.75) is 71.2 Å². The summed E-state index contributed by atoms with van der Waals surface area (Å²) in [7, 11) is 2.58. The zero-order chi connectivity index (χ0) is 29.0. The van der Waals surface area contributed by atoms with Crippen LogP contribution in [0.3, 0.4) is 0 Å². The SMILES string of the molecule is COC(=O)CCc1c(N[C@@H]2CCCN(C(=O)OC(C)(C)C)C2)nnc(-c2ccc(C(F)(F)F)cc2OC)c1C. The number of likely N-dealkylation sites (tertiary alicyclic amines) is 1. The number of hydrogen-bond donors (Lipinski definition) is 1. The van der Waals surface area contributed by atoms with Crippen LogP contribution in [0.4, 0.5) is 23.8 Å². The number of halogens is 3. The Kier molecular flexibility index (Phi) is 9.29. The van der Waals surface area contributed by atoms with Gasteiger partial charge in [-0.3, -0.25) is 4.79 Å². The molecule has 12 heteroatoms. The maximum absolute atomic E-state index is 13.3. The van der Waals surface area contributed by atoms with E-state index in [1.165, 1.54) is 20.3 Å². The van der Waals surface area contributed by atoms with E-state index in [9.17, 15) is 22.8 Å². The van der Waals surface area contributed by atoms with Gasteiger partial charge in [-0.1, -0.05) is 0 Å². The Hall–Kier alpha value is -3.57. The Balaban J connectivity index is 1.94. The zero-order valence-electron chi connectivity index (χ0n) is 23.1. The molecule has 0 bridgehead atoms. The molecule has 1 aromatic heterocycles. The predicted molar refractivity (Wildman–Crippen MR) is 139 cm³/mol. The van der Waals surface area contributed by atoms with Crippen LogP contribution in [0.15, 0.2) is 18.2 Å². The molecule has 1 aliphatic rings. The molecule has 1 amide bonds. The highest BCUT2D eigenvalue weighted by Gasteiger charge is 2.32. The monoisotopic (exact) mass is 552 g/mol. The Morgan fingerprint density at radius 2 is 1.87 bits per heavy atom. The van der Waals surface area contributed by atoms with Crippen molar-refractivity contribution in [3.05, 3.63) is 34.9 Å². The normalized spacial score (nSPS) is 16.0. The van der Waals surface area contributed by atoms with Crippen LogP contribution < -0.4 is 10.1 Å². The molecule has 0 radical (unpaired) electrons. The molecule has 1 fully saturated rings. The van der Waals surface area contributed by atoms with Gasteiger partial charge in [-0.25, -0.2) is 4.79 Å². The number of alkyl halides is 3. The third-order valence-electron chi connectivity index (χ3n) is 6.35. The number of carbonyl (C=O) groups excluding carboxylic acids is 2. The number of carbonyl (C=O) groups is 2. The Bertz CT molecular complexity index is 1200. The molecule has 0 unspecified atom stereocenters. The van der Waals surface area contributed by atoms with E-state index in [0.29, 0.717) is 41.3 Å². The summed E-state index contributed by atoms with van der Waals surface area (Å²) in [4.78, 5) is 26.2. The lowest BCUT2D eigenvalue weighted by Crippen LogP contribution is -2.47. The van der Waals surface area contributed by atoms with Crippen LogP contribution in [0.2, 0.25) is 0 Å². The molecule has 0 spiro atoms. The first-order valence-electron chi connectivity index (χ1n) is 12.7. The van der Waals surface area contributed by atoms with Crippen molar-refractivity contribution in [3.8, 4) is 17.0 Å². The van der Waals surface area contributed by atoms with Crippen LogP contribution in [0, 0.1) is 6.92 Å². The lowest BCUT2D eigenvalue weighted by Gasteiger charge is -2.35. The van der Waals surface area contributed by atoms with Crippen LogP contribution in [0.25, 0.3) is 11.3 Å². The molecule has 1 aliphatic heterocycles. The molecule has 2 heterocycles. The van der Waals surface area contributed by atoms with Crippen molar-refractivity contribution in [2.24, 2.45) is 0 Å². The highest BCUT2D eigenvalue weighted by molar-refractivity contribution is 5.74. The second kappa shape index (κ2) is 12.1. The van der Waals surface area contributed by atoms with E-state index in [-0.39, 0.29) is 24.6 Å². The van der Waals surface area contributed by atoms with Gasteiger partial charge in [0, 0.05) is 36.7 Å². The molecular formula is C27H35F3N4O5. The molecule has 9 nitrogen and oxygen atoms in total. The van der Waals surface area contributed by atoms with Gasteiger partial charge in [0.25, 0.3) is 0 Å². The van der Waals surface area contributed by atoms with Crippen LogP contribution >= 0.6 is 0 Å². The molecular weight excluding hydrogens is 517 g/mol. The van der Waals surface area contributed by atoms with Crippen molar-refractivity contribution in [3.63, 3.8) is 0 Å². The van der Waals surface area contributed by atoms with Gasteiger partial charge >= 0.3 is 18.2 Å². The summed E-state index contributed by atoms with van der Waals surface area (Å²) in [6.45, 7) is 8.16. The zero-order valence-corrected chi connectivity index (χ0v) is 23.1. The third-order valence-corrected chi connectivity index (χ3v) is 6.35. The maximum Gasteiger partial charge on any atom is 0.416 e. The largest absolute Gasteiger partial charge is 0.496 e. The van der Waals surface area contributed by atoms with Crippen LogP contribution in [-0.2, 0) is 26.9 Å². The molecule has 0 aliphatic carbocycles. The number of esters is 1. The number of nitrogens with one attached hydrogen (secondary N) is 1. The number of benzene rings is 1. The van der Waals surface area contributed by atoms with Crippen LogP contribution in [0.5, 0.6) is 5.75 Å². The first kappa shape index (κ1) is 30.0. The second-order valence-electron chi connectivity index (χ2n) is 10.4. The minimum Gasteiger partial charge on any atom is -0.496 e. The van der Waals surface area contributed by atoms with Crippen molar-refractivity contribution in [2.75, 3.05) is 32.6 Å². The summed E-state index contributed by atoms with van der Waals surface area (Å²) in [5.41, 5.74) is 0.525. The number of ether oxygens (including phenoxy) is 3. The van der Waals surface area contributed by atoms with E-state index in [1.807, 2.05) is 20.8 Å². The average molecular weight is 553 g/mol. The molecule has 1 atom stereocenters. The van der Waals surface area contributed by atoms with E-state index in [1.54, 1.807) is 11.8 Å². The van der Waals surface area contributed by atoms with Gasteiger partial charge in [0.15, 0.2) is 5.82 Å². The fourth-order valence-electron chi connectivity index (χ4n) is 4.41. The van der Waals surface area contributed by atoms with Crippen molar-refractivity contribution < 1.29 is 37.0 Å². The Labute approximate surface area is 226 Å². The summed E-state index contributed by atoms with van der Waals surface area (Å²) in [6.07, 6.45) is -3.08. The van der Waals surface area contributed by atoms with E-state index in [0.717, 1.165) is 25.0 Å². The quantitative estimate of drug-likeness (QED) is 0.456. The van der Waals surface area contributed by atoms with Gasteiger partial charge in [-0.15, -0.1) is 10.2 Å². The molecule has 39 heavy (non-hydrogen) atoms. The predicted octanol–water partition coefficient (Wildman–Crippen LogP) is 5.40. The fraction of sp³-hybridized carbons (Fsp3) is 0.556. The summed E-state index contributed by atoms with van der Waals surface area (Å²) in [5.74, 6) is 0.0174. The molecule has 1 aromatic carbocycles. The summed E-state index contributed by atoms with van der Waals surface area (Å²) >= 11 is 0. The topological polar surface area (TPSA) is 103 Å². The van der Waals surface area contributed by atoms with Crippen molar-refractivity contribution in [1.82, 2.24) is 15.1 Å². The minimum atomic E-state index is -4.53. The van der Waals surface area contributed by atoms with Crippen LogP contribution in [-0.4, -0.2) is 66.1 Å². The fourth-order valence-corrected chi connectivity index (χ4v) is 4.41. The number of piperidine rings is 1. The van der Waals surface area contributed by atoms with Gasteiger partial charge in [0.1, 0.15) is 11.4 Å². The van der Waals surface area contributed by atoms with Crippen LogP contribution in [0.1, 0.15) is 56.7 Å². The number of amides is 1. The third kappa shape index (κ3) is 7.73. The van der Waals surface area contributed by atoms with E-state index >= 15 is 0 Å². The summed E-state index contributed by atoms with van der Waals surface area (Å²) in [6, 6.07) is 3.04. The molecule has 1 saturated heterocycles. The molecule has 3 rings (SSSR count). The lowest BCUT2D eigenvalue weighted by molar-refractivity contribution is -0.140. The first-order chi connectivity index (χ1) is 18.2. The van der Waals surface area contributed by atoms with Crippen molar-refractivity contribution in [1.29, 1.82) is 0 Å². The van der Waals surface area contributed by atoms with Gasteiger partial charge in [-0.2, -0.15) is 13.2 Å². The number of rotatable bonds is 7. The Morgan fingerprint density at radius 3 is 2.49 bits per heavy atom. The van der Waals surface area contributed by atoms with E-state index < -0.39 is 29.4 Å². The van der Waals surface area contributed by atoms with E-state index in [4.69, 9.17) is 14.2 Å². The van der Waals surface area contributed by atoms with Gasteiger partial charge in [-0.05, 0) is 70.7 Å². The maximum atomic E-state index is 13.3. The second-order valence-corrected chi connectivity index (χ2v) is 10.4. The summed E-state index contributed by atoms with van der Waals surface area (Å²) < 4.78 is 55.3. The number of aromatic nitrogens is 2. The number of nitrogens with zero attached hydrogens (tertiary/aromatic N) is 3. The highest BCUT2D eigenvalue weighted by Crippen LogP contribution is 2.38. The van der Waals surface area contributed by atoms with Gasteiger partial charge in [0.05, 0.1) is 25.5 Å². The molecule has 1 N–H and O–H groups in total. The summed E-state index contributed by atoms with van der Waals surface area (Å²) in [5, 5.41) is 12.1. The molecule has 2 aromatic rings. The number of methoxy groups -OCH3 is 2. The number of anilines is 1. The van der Waals surface area contributed by atoms with Gasteiger partial charge in [0.2, 0.25) is 0 Å².